The van der Waals surface area contributed by atoms with Crippen LogP contribution < -0.4 is 10.5 Å². The minimum atomic E-state index is 0.217. The lowest BCUT2D eigenvalue weighted by Gasteiger charge is -2.14. The maximum Gasteiger partial charge on any atom is 0.147 e. The van der Waals surface area contributed by atoms with Crippen LogP contribution in [0.25, 0.3) is 0 Å². The molecule has 1 atom stereocenters. The Balaban J connectivity index is 2.51. The number of ether oxygens (including phenoxy) is 1. The molecule has 2 nitrogen and oxygen atoms in total. The molecule has 1 aromatic carbocycles. The molecule has 0 fully saturated rings. The van der Waals surface area contributed by atoms with E-state index in [0.29, 0.717) is 0 Å². The summed E-state index contributed by atoms with van der Waals surface area (Å²) in [5, 5.41) is 0. The normalized spacial score (nSPS) is 12.4. The van der Waals surface area contributed by atoms with E-state index in [1.165, 1.54) is 31.2 Å². The zero-order valence-electron chi connectivity index (χ0n) is 13.1. The number of nitrogens with two attached hydrogens (primary N) is 1. The predicted octanol–water partition coefficient (Wildman–Crippen LogP) is 5.84. The number of hydrogen-bond acceptors (Lipinski definition) is 2. The molecule has 1 aromatic rings. The Labute approximate surface area is 146 Å². The van der Waals surface area contributed by atoms with E-state index in [1.807, 2.05) is 0 Å². The van der Waals surface area contributed by atoms with Crippen molar-refractivity contribution in [2.24, 2.45) is 5.73 Å². The van der Waals surface area contributed by atoms with Crippen LogP contribution in [0.15, 0.2) is 21.1 Å². The Morgan fingerprint density at radius 3 is 2.24 bits per heavy atom. The van der Waals surface area contributed by atoms with Crippen molar-refractivity contribution in [3.05, 3.63) is 26.6 Å². The lowest BCUT2D eigenvalue weighted by molar-refractivity contribution is 0.301. The minimum Gasteiger partial charge on any atom is -0.491 e. The van der Waals surface area contributed by atoms with Crippen molar-refractivity contribution in [3.63, 3.8) is 0 Å². The highest BCUT2D eigenvalue weighted by molar-refractivity contribution is 9.11. The van der Waals surface area contributed by atoms with Crippen molar-refractivity contribution < 1.29 is 4.74 Å². The van der Waals surface area contributed by atoms with Gasteiger partial charge in [-0.1, -0.05) is 39.5 Å². The molecule has 120 valence electrons. The van der Waals surface area contributed by atoms with E-state index >= 15 is 0 Å². The van der Waals surface area contributed by atoms with Crippen LogP contribution >= 0.6 is 31.9 Å². The average molecular weight is 421 g/mol. The minimum absolute atomic E-state index is 0.217. The van der Waals surface area contributed by atoms with Crippen molar-refractivity contribution in [3.8, 4) is 5.75 Å². The van der Waals surface area contributed by atoms with Gasteiger partial charge < -0.3 is 10.5 Å². The molecule has 0 bridgehead atoms. The summed E-state index contributed by atoms with van der Waals surface area (Å²) >= 11 is 7.22. The molecule has 0 aliphatic carbocycles. The zero-order chi connectivity index (χ0) is 15.7. The highest BCUT2D eigenvalue weighted by Crippen LogP contribution is 2.35. The lowest BCUT2D eigenvalue weighted by Crippen LogP contribution is -2.21. The van der Waals surface area contributed by atoms with E-state index in [-0.39, 0.29) is 6.04 Å². The Morgan fingerprint density at radius 2 is 1.67 bits per heavy atom. The van der Waals surface area contributed by atoms with Crippen LogP contribution in [0, 0.1) is 0 Å². The maximum absolute atomic E-state index is 6.02. The molecule has 21 heavy (non-hydrogen) atoms. The molecular formula is C17H27Br2NO. The van der Waals surface area contributed by atoms with Gasteiger partial charge in [-0.05, 0) is 68.8 Å². The van der Waals surface area contributed by atoms with Crippen molar-refractivity contribution >= 4 is 31.9 Å². The highest BCUT2D eigenvalue weighted by atomic mass is 79.9. The molecule has 0 amide bonds. The number of unbranched alkanes of at least 4 members (excludes halogenated alkanes) is 4. The quantitative estimate of drug-likeness (QED) is 0.482. The second kappa shape index (κ2) is 10.6. The first-order valence-electron chi connectivity index (χ1n) is 7.94. The smallest absolute Gasteiger partial charge is 0.147 e. The molecule has 4 heteroatoms. The number of halogens is 2. The van der Waals surface area contributed by atoms with E-state index < -0.39 is 0 Å². The fourth-order valence-corrected chi connectivity index (χ4v) is 3.71. The van der Waals surface area contributed by atoms with Crippen LogP contribution in [0.1, 0.15) is 57.9 Å². The third-order valence-corrected chi connectivity index (χ3v) is 4.75. The third-order valence-electron chi connectivity index (χ3n) is 3.57. The van der Waals surface area contributed by atoms with Crippen molar-refractivity contribution in [2.45, 2.75) is 64.8 Å². The number of hydrogen-bond donors (Lipinski definition) is 1. The fourth-order valence-electron chi connectivity index (χ4n) is 2.20. The maximum atomic E-state index is 6.02. The largest absolute Gasteiger partial charge is 0.491 e. The molecular weight excluding hydrogens is 394 g/mol. The molecule has 1 unspecified atom stereocenters. The first-order valence-corrected chi connectivity index (χ1v) is 9.53. The Bertz CT molecular complexity index is 400. The summed E-state index contributed by atoms with van der Waals surface area (Å²) in [6, 6.07) is 4.45. The van der Waals surface area contributed by atoms with E-state index in [2.05, 4.69) is 57.8 Å². The van der Waals surface area contributed by atoms with Gasteiger partial charge in [0, 0.05) is 6.04 Å². The van der Waals surface area contributed by atoms with E-state index in [1.54, 1.807) is 0 Å². The van der Waals surface area contributed by atoms with E-state index in [0.717, 1.165) is 40.6 Å². The Morgan fingerprint density at radius 1 is 1.05 bits per heavy atom. The van der Waals surface area contributed by atoms with Gasteiger partial charge in [0.15, 0.2) is 0 Å². The topological polar surface area (TPSA) is 35.2 Å². The summed E-state index contributed by atoms with van der Waals surface area (Å²) in [6.45, 7) is 5.12. The van der Waals surface area contributed by atoms with Crippen molar-refractivity contribution in [1.82, 2.24) is 0 Å². The van der Waals surface area contributed by atoms with Gasteiger partial charge in [-0.15, -0.1) is 0 Å². The van der Waals surface area contributed by atoms with Gasteiger partial charge >= 0.3 is 0 Å². The van der Waals surface area contributed by atoms with Gasteiger partial charge in [-0.3, -0.25) is 0 Å². The molecule has 0 heterocycles. The van der Waals surface area contributed by atoms with Crippen molar-refractivity contribution in [1.29, 1.82) is 0 Å². The molecule has 1 rings (SSSR count). The van der Waals surface area contributed by atoms with Crippen LogP contribution in [0.5, 0.6) is 5.75 Å². The summed E-state index contributed by atoms with van der Waals surface area (Å²) in [5.74, 6) is 0.902. The molecule has 0 aliphatic rings. The second-order valence-corrected chi connectivity index (χ2v) is 7.23. The molecule has 0 spiro atoms. The third kappa shape index (κ3) is 7.16. The van der Waals surface area contributed by atoms with Crippen LogP contribution in [0.4, 0.5) is 0 Å². The lowest BCUT2D eigenvalue weighted by atomic mass is 10.0. The summed E-state index contributed by atoms with van der Waals surface area (Å²) in [7, 11) is 0. The summed E-state index contributed by atoms with van der Waals surface area (Å²) < 4.78 is 7.92. The van der Waals surface area contributed by atoms with Crippen LogP contribution in [-0.2, 0) is 6.42 Å². The summed E-state index contributed by atoms with van der Waals surface area (Å²) in [6.07, 6.45) is 8.14. The first-order chi connectivity index (χ1) is 10.1. The zero-order valence-corrected chi connectivity index (χ0v) is 16.3. The molecule has 0 saturated heterocycles. The highest BCUT2D eigenvalue weighted by Gasteiger charge is 2.10. The molecule has 0 saturated carbocycles. The van der Waals surface area contributed by atoms with Gasteiger partial charge in [-0.25, -0.2) is 0 Å². The van der Waals surface area contributed by atoms with Gasteiger partial charge in [0.05, 0.1) is 15.6 Å². The molecule has 0 radical (unpaired) electrons. The van der Waals surface area contributed by atoms with Gasteiger partial charge in [0.25, 0.3) is 0 Å². The SMILES string of the molecule is CCCCCCCOc1c(Br)cc(CC(N)CC)cc1Br. The van der Waals surface area contributed by atoms with Crippen LogP contribution in [0.3, 0.4) is 0 Å². The van der Waals surface area contributed by atoms with Crippen LogP contribution in [0.2, 0.25) is 0 Å². The molecule has 0 aromatic heterocycles. The van der Waals surface area contributed by atoms with Crippen LogP contribution in [-0.4, -0.2) is 12.6 Å². The van der Waals surface area contributed by atoms with E-state index in [9.17, 15) is 0 Å². The monoisotopic (exact) mass is 419 g/mol. The standard InChI is InChI=1S/C17H27Br2NO/c1-3-5-6-7-8-9-21-17-15(18)11-13(12-16(17)19)10-14(20)4-2/h11-12,14H,3-10,20H2,1-2H3. The average Bonchev–Trinajstić information content (AvgIpc) is 2.44. The number of benzene rings is 1. The first kappa shape index (κ1) is 19.0. The second-order valence-electron chi connectivity index (χ2n) is 5.52. The van der Waals surface area contributed by atoms with Gasteiger partial charge in [0.2, 0.25) is 0 Å². The molecule has 0 aliphatic heterocycles. The molecule has 2 N–H and O–H groups in total. The fraction of sp³-hybridized carbons (Fsp3) is 0.647. The number of rotatable bonds is 10. The predicted molar refractivity (Wildman–Crippen MR) is 98.1 cm³/mol. The van der Waals surface area contributed by atoms with Gasteiger partial charge in [0.1, 0.15) is 5.75 Å². The summed E-state index contributed by atoms with van der Waals surface area (Å²) in [4.78, 5) is 0. The Kier molecular flexibility index (Phi) is 9.61. The van der Waals surface area contributed by atoms with Crippen molar-refractivity contribution in [2.75, 3.05) is 6.61 Å². The van der Waals surface area contributed by atoms with E-state index in [4.69, 9.17) is 10.5 Å². The summed E-state index contributed by atoms with van der Waals surface area (Å²) in [5.41, 5.74) is 7.25. The Hall–Kier alpha value is -0.0600. The van der Waals surface area contributed by atoms with Gasteiger partial charge in [-0.2, -0.15) is 0 Å².